The van der Waals surface area contributed by atoms with E-state index < -0.39 is 16.9 Å². The highest BCUT2D eigenvalue weighted by atomic mass is 16.4. The molecular weight excluding hydrogens is 244 g/mol. The molecule has 2 heterocycles. The maximum absolute atomic E-state index is 11.4. The number of hydrogen-bond acceptors (Lipinski definition) is 4. The van der Waals surface area contributed by atoms with Crippen LogP contribution in [0.2, 0.25) is 0 Å². The van der Waals surface area contributed by atoms with Gasteiger partial charge in [0.2, 0.25) is 0 Å². The molecule has 0 radical (unpaired) electrons. The first-order valence-electron chi connectivity index (χ1n) is 6.09. The van der Waals surface area contributed by atoms with Crippen LogP contribution in [-0.2, 0) is 4.79 Å². The van der Waals surface area contributed by atoms with E-state index in [0.29, 0.717) is 5.82 Å². The van der Waals surface area contributed by atoms with E-state index in [1.807, 2.05) is 19.9 Å². The normalized spacial score (nSPS) is 12.6. The van der Waals surface area contributed by atoms with E-state index in [1.165, 1.54) is 0 Å². The van der Waals surface area contributed by atoms with Crippen molar-refractivity contribution in [1.29, 1.82) is 0 Å². The van der Waals surface area contributed by atoms with Crippen LogP contribution >= 0.6 is 0 Å². The third-order valence-corrected chi connectivity index (χ3v) is 3.91. The summed E-state index contributed by atoms with van der Waals surface area (Å²) in [6, 6.07) is 3.59. The van der Waals surface area contributed by atoms with Gasteiger partial charge in [-0.15, -0.1) is 0 Å². The van der Waals surface area contributed by atoms with Gasteiger partial charge in [0.1, 0.15) is 11.4 Å². The molecule has 102 valence electrons. The second-order valence-corrected chi connectivity index (χ2v) is 5.67. The van der Waals surface area contributed by atoms with Crippen molar-refractivity contribution in [3.63, 3.8) is 0 Å². The van der Waals surface area contributed by atoms with Gasteiger partial charge < -0.3 is 14.8 Å². The van der Waals surface area contributed by atoms with Crippen LogP contribution in [0, 0.1) is 5.41 Å². The number of pyridine rings is 1. The SMILES string of the molecule is CC(C)(Nc1nccc2occc12)C(C)(C)C(=O)O. The van der Waals surface area contributed by atoms with Gasteiger partial charge in [0.05, 0.1) is 17.1 Å². The number of aromatic nitrogens is 1. The van der Waals surface area contributed by atoms with Crippen molar-refractivity contribution in [1.82, 2.24) is 4.98 Å². The van der Waals surface area contributed by atoms with E-state index in [9.17, 15) is 9.90 Å². The Bertz CT molecular complexity index is 614. The molecule has 0 amide bonds. The predicted octanol–water partition coefficient (Wildman–Crippen LogP) is 3.13. The highest BCUT2D eigenvalue weighted by molar-refractivity contribution is 5.88. The molecule has 0 aliphatic heterocycles. The van der Waals surface area contributed by atoms with Gasteiger partial charge in [-0.25, -0.2) is 4.98 Å². The molecule has 0 spiro atoms. The Morgan fingerprint density at radius 3 is 2.63 bits per heavy atom. The fraction of sp³-hybridized carbons (Fsp3) is 0.429. The Morgan fingerprint density at radius 1 is 1.32 bits per heavy atom. The number of rotatable bonds is 4. The van der Waals surface area contributed by atoms with Gasteiger partial charge in [-0.05, 0) is 39.8 Å². The molecule has 2 aromatic rings. The largest absolute Gasteiger partial charge is 0.481 e. The van der Waals surface area contributed by atoms with Crippen molar-refractivity contribution in [2.24, 2.45) is 5.41 Å². The van der Waals surface area contributed by atoms with Crippen LogP contribution in [0.3, 0.4) is 0 Å². The number of nitrogens with zero attached hydrogens (tertiary/aromatic N) is 1. The van der Waals surface area contributed by atoms with Gasteiger partial charge in [0, 0.05) is 11.7 Å². The molecule has 0 aliphatic carbocycles. The van der Waals surface area contributed by atoms with Crippen LogP contribution < -0.4 is 5.32 Å². The Hall–Kier alpha value is -2.04. The molecule has 5 nitrogen and oxygen atoms in total. The monoisotopic (exact) mass is 262 g/mol. The van der Waals surface area contributed by atoms with E-state index in [0.717, 1.165) is 11.0 Å². The minimum atomic E-state index is -0.944. The van der Waals surface area contributed by atoms with Crippen molar-refractivity contribution in [3.8, 4) is 0 Å². The Labute approximate surface area is 111 Å². The molecule has 19 heavy (non-hydrogen) atoms. The quantitative estimate of drug-likeness (QED) is 0.885. The first-order valence-corrected chi connectivity index (χ1v) is 6.09. The summed E-state index contributed by atoms with van der Waals surface area (Å²) < 4.78 is 5.31. The van der Waals surface area contributed by atoms with Crippen LogP contribution in [0.4, 0.5) is 5.82 Å². The van der Waals surface area contributed by atoms with E-state index >= 15 is 0 Å². The smallest absolute Gasteiger partial charge is 0.311 e. The second-order valence-electron chi connectivity index (χ2n) is 5.67. The minimum absolute atomic E-state index is 0.630. The summed E-state index contributed by atoms with van der Waals surface area (Å²) in [6.45, 7) is 7.08. The summed E-state index contributed by atoms with van der Waals surface area (Å²) >= 11 is 0. The number of nitrogens with one attached hydrogen (secondary N) is 1. The van der Waals surface area contributed by atoms with Crippen molar-refractivity contribution < 1.29 is 14.3 Å². The summed E-state index contributed by atoms with van der Waals surface area (Å²) in [5.74, 6) is -0.227. The van der Waals surface area contributed by atoms with E-state index in [1.54, 1.807) is 32.4 Å². The van der Waals surface area contributed by atoms with Crippen LogP contribution in [-0.4, -0.2) is 21.6 Å². The number of hydrogen-bond donors (Lipinski definition) is 2. The van der Waals surface area contributed by atoms with Gasteiger partial charge in [0.15, 0.2) is 0 Å². The summed E-state index contributed by atoms with van der Waals surface area (Å²) in [4.78, 5) is 15.7. The molecule has 2 N–H and O–H groups in total. The lowest BCUT2D eigenvalue weighted by Crippen LogP contribution is -2.50. The first-order chi connectivity index (χ1) is 8.75. The predicted molar refractivity (Wildman–Crippen MR) is 73.1 cm³/mol. The fourth-order valence-electron chi connectivity index (χ4n) is 1.71. The zero-order valence-corrected chi connectivity index (χ0v) is 11.5. The van der Waals surface area contributed by atoms with Crippen LogP contribution in [0.25, 0.3) is 11.0 Å². The average Bonchev–Trinajstić information content (AvgIpc) is 2.77. The highest BCUT2D eigenvalue weighted by Crippen LogP contribution is 2.35. The topological polar surface area (TPSA) is 75.4 Å². The van der Waals surface area contributed by atoms with E-state index in [4.69, 9.17) is 4.42 Å². The molecule has 0 bridgehead atoms. The lowest BCUT2D eigenvalue weighted by Gasteiger charge is -2.39. The minimum Gasteiger partial charge on any atom is -0.481 e. The number of carbonyl (C=O) groups is 1. The van der Waals surface area contributed by atoms with Crippen LogP contribution in [0.5, 0.6) is 0 Å². The van der Waals surface area contributed by atoms with Crippen molar-refractivity contribution in [2.45, 2.75) is 33.2 Å². The zero-order chi connectivity index (χ0) is 14.3. The summed E-state index contributed by atoms with van der Waals surface area (Å²) in [5.41, 5.74) is -0.890. The number of aliphatic carboxylic acids is 1. The molecule has 2 rings (SSSR count). The third kappa shape index (κ3) is 2.16. The van der Waals surface area contributed by atoms with Crippen molar-refractivity contribution in [2.75, 3.05) is 5.32 Å². The Morgan fingerprint density at radius 2 is 2.00 bits per heavy atom. The lowest BCUT2D eigenvalue weighted by molar-refractivity contribution is -0.149. The maximum atomic E-state index is 11.4. The fourth-order valence-corrected chi connectivity index (χ4v) is 1.71. The number of furan rings is 1. The number of fused-ring (bicyclic) bond motifs is 1. The average molecular weight is 262 g/mol. The lowest BCUT2D eigenvalue weighted by atomic mass is 9.74. The second kappa shape index (κ2) is 4.26. The van der Waals surface area contributed by atoms with Gasteiger partial charge in [-0.2, -0.15) is 0 Å². The molecule has 0 fully saturated rings. The summed E-state index contributed by atoms with van der Waals surface area (Å²) in [5, 5.41) is 13.4. The summed E-state index contributed by atoms with van der Waals surface area (Å²) in [7, 11) is 0. The van der Waals surface area contributed by atoms with Gasteiger partial charge in [-0.1, -0.05) is 0 Å². The van der Waals surface area contributed by atoms with Crippen molar-refractivity contribution in [3.05, 3.63) is 24.6 Å². The van der Waals surface area contributed by atoms with Crippen LogP contribution in [0.1, 0.15) is 27.7 Å². The zero-order valence-electron chi connectivity index (χ0n) is 11.5. The van der Waals surface area contributed by atoms with Gasteiger partial charge >= 0.3 is 5.97 Å². The Kier molecular flexibility index (Phi) is 3.00. The molecule has 0 saturated carbocycles. The molecule has 5 heteroatoms. The van der Waals surface area contributed by atoms with Gasteiger partial charge in [-0.3, -0.25) is 4.79 Å². The highest BCUT2D eigenvalue weighted by Gasteiger charge is 2.43. The number of anilines is 1. The molecule has 0 aromatic carbocycles. The first kappa shape index (κ1) is 13.4. The molecule has 0 saturated heterocycles. The number of carboxylic acid groups (broad SMARTS) is 1. The molecule has 0 aliphatic rings. The standard InChI is InChI=1S/C14H18N2O3/c1-13(2,12(17)18)14(3,4)16-11-9-6-8-19-10(9)5-7-15-11/h5-8H,1-4H3,(H,15,16)(H,17,18). The Balaban J connectivity index is 2.40. The van der Waals surface area contributed by atoms with Crippen molar-refractivity contribution >= 4 is 22.8 Å². The summed E-state index contributed by atoms with van der Waals surface area (Å²) in [6.07, 6.45) is 3.23. The van der Waals surface area contributed by atoms with E-state index in [2.05, 4.69) is 10.3 Å². The third-order valence-electron chi connectivity index (χ3n) is 3.91. The maximum Gasteiger partial charge on any atom is 0.311 e. The van der Waals surface area contributed by atoms with Gasteiger partial charge in [0.25, 0.3) is 0 Å². The van der Waals surface area contributed by atoms with E-state index in [-0.39, 0.29) is 0 Å². The molecule has 0 unspecified atom stereocenters. The number of carboxylic acids is 1. The molecular formula is C14H18N2O3. The molecule has 0 atom stereocenters. The molecule has 2 aromatic heterocycles. The van der Waals surface area contributed by atoms with Crippen LogP contribution in [0.15, 0.2) is 29.0 Å².